The topological polar surface area (TPSA) is 79.4 Å². The highest BCUT2D eigenvalue weighted by Crippen LogP contribution is 2.22. The van der Waals surface area contributed by atoms with Gasteiger partial charge in [0.2, 0.25) is 0 Å². The van der Waals surface area contributed by atoms with E-state index in [2.05, 4.69) is 20.6 Å². The molecule has 1 aromatic heterocycles. The molecule has 0 unspecified atom stereocenters. The van der Waals surface area contributed by atoms with Crippen molar-refractivity contribution in [3.05, 3.63) is 47.7 Å². The Morgan fingerprint density at radius 1 is 1.37 bits per heavy atom. The summed E-state index contributed by atoms with van der Waals surface area (Å²) < 4.78 is 18.3. The van der Waals surface area contributed by atoms with Crippen molar-refractivity contribution < 1.29 is 13.9 Å². The van der Waals surface area contributed by atoms with Crippen LogP contribution in [-0.4, -0.2) is 48.0 Å². The van der Waals surface area contributed by atoms with E-state index in [0.29, 0.717) is 12.3 Å². The van der Waals surface area contributed by atoms with Crippen LogP contribution in [0.3, 0.4) is 0 Å². The number of likely N-dealkylation sites (N-methyl/N-ethyl adjacent to an activating group) is 1. The van der Waals surface area contributed by atoms with Crippen LogP contribution < -0.4 is 15.4 Å². The lowest BCUT2D eigenvalue weighted by atomic mass is 10.2. The zero-order valence-corrected chi connectivity index (χ0v) is 15.5. The Bertz CT molecular complexity index is 778. The number of amides is 1. The van der Waals surface area contributed by atoms with Gasteiger partial charge in [-0.3, -0.25) is 4.79 Å². The van der Waals surface area contributed by atoms with Crippen LogP contribution >= 0.6 is 0 Å². The monoisotopic (exact) mass is 373 g/mol. The highest BCUT2D eigenvalue weighted by molar-refractivity contribution is 5.77. The van der Waals surface area contributed by atoms with E-state index in [4.69, 9.17) is 4.74 Å². The third kappa shape index (κ3) is 5.13. The lowest BCUT2D eigenvalue weighted by molar-refractivity contribution is -0.132. The highest BCUT2D eigenvalue weighted by Gasteiger charge is 2.21. The summed E-state index contributed by atoms with van der Waals surface area (Å²) in [7, 11) is 3.51. The first-order valence-electron chi connectivity index (χ1n) is 8.96. The molecule has 1 aliphatic heterocycles. The van der Waals surface area contributed by atoms with E-state index < -0.39 is 0 Å². The molecular formula is C19H24FN5O2. The summed E-state index contributed by atoms with van der Waals surface area (Å²) >= 11 is 0. The minimum absolute atomic E-state index is 0.122. The molecule has 0 aliphatic carbocycles. The van der Waals surface area contributed by atoms with Gasteiger partial charge in [0.1, 0.15) is 23.2 Å². The van der Waals surface area contributed by atoms with Crippen LogP contribution in [-0.2, 0) is 11.3 Å². The minimum Gasteiger partial charge on any atom is -0.484 e. The van der Waals surface area contributed by atoms with Gasteiger partial charge in [-0.15, -0.1) is 0 Å². The Kier molecular flexibility index (Phi) is 6.18. The Morgan fingerprint density at radius 3 is 2.81 bits per heavy atom. The van der Waals surface area contributed by atoms with Crippen LogP contribution in [0.1, 0.15) is 30.4 Å². The highest BCUT2D eigenvalue weighted by atomic mass is 19.1. The maximum Gasteiger partial charge on any atom is 0.260 e. The number of anilines is 1. The maximum absolute atomic E-state index is 12.9. The normalized spacial score (nSPS) is 16.2. The molecule has 1 fully saturated rings. The quantitative estimate of drug-likeness (QED) is 0.774. The van der Waals surface area contributed by atoms with E-state index in [-0.39, 0.29) is 24.4 Å². The molecule has 1 aromatic carbocycles. The summed E-state index contributed by atoms with van der Waals surface area (Å²) in [6.45, 7) is 1.19. The van der Waals surface area contributed by atoms with Gasteiger partial charge in [0.05, 0.1) is 18.3 Å². The van der Waals surface area contributed by atoms with E-state index in [1.807, 2.05) is 13.1 Å². The van der Waals surface area contributed by atoms with Gasteiger partial charge in [0.25, 0.3) is 5.91 Å². The van der Waals surface area contributed by atoms with Gasteiger partial charge in [-0.2, -0.15) is 0 Å². The van der Waals surface area contributed by atoms with Gasteiger partial charge < -0.3 is 20.3 Å². The third-order valence-electron chi connectivity index (χ3n) is 4.43. The molecule has 0 bridgehead atoms. The molecule has 2 aromatic rings. The van der Waals surface area contributed by atoms with E-state index in [1.54, 1.807) is 11.9 Å². The minimum atomic E-state index is -0.345. The van der Waals surface area contributed by atoms with Crippen molar-refractivity contribution in [3.8, 4) is 5.75 Å². The number of nitrogens with one attached hydrogen (secondary N) is 2. The smallest absolute Gasteiger partial charge is 0.260 e. The molecule has 1 saturated heterocycles. The summed E-state index contributed by atoms with van der Waals surface area (Å²) in [4.78, 5) is 23.0. The Hall–Kier alpha value is -2.74. The summed E-state index contributed by atoms with van der Waals surface area (Å²) in [5.74, 6) is 1.39. The van der Waals surface area contributed by atoms with Crippen molar-refractivity contribution in [3.63, 3.8) is 0 Å². The molecule has 0 spiro atoms. The van der Waals surface area contributed by atoms with Crippen LogP contribution in [0.15, 0.2) is 30.3 Å². The van der Waals surface area contributed by atoms with Gasteiger partial charge in [-0.25, -0.2) is 14.4 Å². The molecule has 2 N–H and O–H groups in total. The summed E-state index contributed by atoms with van der Waals surface area (Å²) in [6.07, 6.45) is 2.11. The Labute approximate surface area is 158 Å². The molecule has 2 heterocycles. The van der Waals surface area contributed by atoms with Crippen LogP contribution in [0.25, 0.3) is 0 Å². The molecule has 7 nitrogen and oxygen atoms in total. The van der Waals surface area contributed by atoms with Gasteiger partial charge in [0.15, 0.2) is 6.61 Å². The molecule has 8 heteroatoms. The summed E-state index contributed by atoms with van der Waals surface area (Å²) in [6, 6.07) is 7.56. The van der Waals surface area contributed by atoms with Gasteiger partial charge in [-0.05, 0) is 43.7 Å². The van der Waals surface area contributed by atoms with Crippen molar-refractivity contribution in [2.45, 2.75) is 25.4 Å². The summed E-state index contributed by atoms with van der Waals surface area (Å²) in [5.41, 5.74) is 0.760. The molecule has 0 radical (unpaired) electrons. The first kappa shape index (κ1) is 19.0. The Balaban J connectivity index is 1.61. The number of carbonyl (C=O) groups is 1. The number of ether oxygens (including phenoxy) is 1. The van der Waals surface area contributed by atoms with Crippen molar-refractivity contribution in [2.24, 2.45) is 0 Å². The van der Waals surface area contributed by atoms with Crippen LogP contribution in [0.4, 0.5) is 10.2 Å². The standard InChI is InChI=1S/C19H24FN5O2/c1-21-17-10-14(23-19(24-17)16-4-3-9-22-16)11-25(2)18(26)12-27-15-7-5-13(20)6-8-15/h5-8,10,16,22H,3-4,9,11-12H2,1-2H3,(H,21,23,24)/t16-/m1/s1. The number of aromatic nitrogens is 2. The predicted molar refractivity (Wildman–Crippen MR) is 99.9 cm³/mol. The predicted octanol–water partition coefficient (Wildman–Crippen LogP) is 2.12. The molecule has 1 amide bonds. The number of carbonyl (C=O) groups excluding carboxylic acids is 1. The molecular weight excluding hydrogens is 349 g/mol. The second kappa shape index (κ2) is 8.77. The van der Waals surface area contributed by atoms with Crippen molar-refractivity contribution in [2.75, 3.05) is 32.6 Å². The van der Waals surface area contributed by atoms with Crippen LogP contribution in [0.5, 0.6) is 5.75 Å². The van der Waals surface area contributed by atoms with E-state index in [0.717, 1.165) is 36.7 Å². The second-order valence-electron chi connectivity index (χ2n) is 6.49. The fourth-order valence-corrected chi connectivity index (χ4v) is 2.91. The first-order chi connectivity index (χ1) is 13.0. The SMILES string of the molecule is CNc1cc(CN(C)C(=O)COc2ccc(F)cc2)nc([C@H]2CCCN2)n1. The molecule has 1 atom stereocenters. The van der Waals surface area contributed by atoms with Crippen molar-refractivity contribution in [1.29, 1.82) is 0 Å². The van der Waals surface area contributed by atoms with Crippen LogP contribution in [0, 0.1) is 5.82 Å². The number of nitrogens with zero attached hydrogens (tertiary/aromatic N) is 3. The maximum atomic E-state index is 12.9. The van der Waals surface area contributed by atoms with Crippen molar-refractivity contribution in [1.82, 2.24) is 20.2 Å². The summed E-state index contributed by atoms with van der Waals surface area (Å²) in [5, 5.41) is 6.44. The zero-order valence-electron chi connectivity index (χ0n) is 15.5. The molecule has 0 saturated carbocycles. The number of halogens is 1. The number of hydrogen-bond acceptors (Lipinski definition) is 6. The zero-order chi connectivity index (χ0) is 19.2. The molecule has 144 valence electrons. The molecule has 3 rings (SSSR count). The number of hydrogen-bond donors (Lipinski definition) is 2. The van der Waals surface area contributed by atoms with E-state index in [1.165, 1.54) is 24.3 Å². The lowest BCUT2D eigenvalue weighted by Crippen LogP contribution is -2.31. The van der Waals surface area contributed by atoms with Gasteiger partial charge >= 0.3 is 0 Å². The third-order valence-corrected chi connectivity index (χ3v) is 4.43. The van der Waals surface area contributed by atoms with Gasteiger partial charge in [-0.1, -0.05) is 0 Å². The van der Waals surface area contributed by atoms with E-state index in [9.17, 15) is 9.18 Å². The average molecular weight is 373 g/mol. The first-order valence-corrected chi connectivity index (χ1v) is 8.96. The number of rotatable bonds is 7. The second-order valence-corrected chi connectivity index (χ2v) is 6.49. The van der Waals surface area contributed by atoms with E-state index >= 15 is 0 Å². The average Bonchev–Trinajstić information content (AvgIpc) is 3.22. The van der Waals surface area contributed by atoms with Crippen molar-refractivity contribution >= 4 is 11.7 Å². The number of benzene rings is 1. The fourth-order valence-electron chi connectivity index (χ4n) is 2.91. The molecule has 1 aliphatic rings. The van der Waals surface area contributed by atoms with Crippen LogP contribution in [0.2, 0.25) is 0 Å². The fraction of sp³-hybridized carbons (Fsp3) is 0.421. The molecule has 27 heavy (non-hydrogen) atoms. The van der Waals surface area contributed by atoms with Gasteiger partial charge in [0, 0.05) is 20.2 Å². The largest absolute Gasteiger partial charge is 0.484 e. The lowest BCUT2D eigenvalue weighted by Gasteiger charge is -2.19. The Morgan fingerprint density at radius 2 is 2.15 bits per heavy atom.